The molecule has 4 aromatic rings. The summed E-state index contributed by atoms with van der Waals surface area (Å²) in [5.74, 6) is -0.924. The van der Waals surface area contributed by atoms with Gasteiger partial charge in [-0.1, -0.05) is 72.8 Å². The number of nitrogens with zero attached hydrogens (tertiary/aromatic N) is 1. The lowest BCUT2D eigenvalue weighted by Crippen LogP contribution is -2.30. The summed E-state index contributed by atoms with van der Waals surface area (Å²) in [6, 6.07) is 32.3. The summed E-state index contributed by atoms with van der Waals surface area (Å²) >= 11 is 1.81. The maximum Gasteiger partial charge on any atom is 0.335 e. The maximum absolute atomic E-state index is 11.3. The Hall–Kier alpha value is -3.58. The molecule has 3 aromatic carbocycles. The van der Waals surface area contributed by atoms with Gasteiger partial charge in [0.1, 0.15) is 6.29 Å². The first kappa shape index (κ1) is 29.4. The van der Waals surface area contributed by atoms with E-state index in [0.717, 1.165) is 49.6 Å². The number of carbonyl (C=O) groups excluding carboxylic acids is 1. The van der Waals surface area contributed by atoms with Crippen molar-refractivity contribution in [1.29, 1.82) is 0 Å². The number of thiophene rings is 1. The monoisotopic (exact) mass is 555 g/mol. The molecule has 0 spiro atoms. The molecule has 40 heavy (non-hydrogen) atoms. The molecule has 0 bridgehead atoms. The highest BCUT2D eigenvalue weighted by atomic mass is 32.1. The van der Waals surface area contributed by atoms with Crippen molar-refractivity contribution in [2.24, 2.45) is 0 Å². The SMILES string of the molecule is O=CCCCCN(Cc1ccc(C(=O)O)cc1)CC(OCc1ccc(CCc2ccccc2)s1)c1ccccc1. The Kier molecular flexibility index (Phi) is 11.7. The van der Waals surface area contributed by atoms with Crippen molar-refractivity contribution in [2.75, 3.05) is 13.1 Å². The lowest BCUT2D eigenvalue weighted by atomic mass is 10.1. The lowest BCUT2D eigenvalue weighted by Gasteiger charge is -2.28. The van der Waals surface area contributed by atoms with Crippen LogP contribution in [0.25, 0.3) is 0 Å². The zero-order chi connectivity index (χ0) is 28.0. The van der Waals surface area contributed by atoms with Gasteiger partial charge in [0, 0.05) is 29.3 Å². The second kappa shape index (κ2) is 15.9. The number of carboxylic acid groups (broad SMARTS) is 1. The minimum absolute atomic E-state index is 0.125. The molecule has 1 atom stereocenters. The lowest BCUT2D eigenvalue weighted by molar-refractivity contribution is -0.107. The van der Waals surface area contributed by atoms with Gasteiger partial charge in [-0.25, -0.2) is 4.79 Å². The summed E-state index contributed by atoms with van der Waals surface area (Å²) in [6.07, 6.45) is 5.21. The Labute approximate surface area is 241 Å². The number of benzene rings is 3. The molecule has 0 radical (unpaired) electrons. The number of aromatic carboxylic acids is 1. The van der Waals surface area contributed by atoms with Gasteiger partial charge >= 0.3 is 5.97 Å². The van der Waals surface area contributed by atoms with E-state index >= 15 is 0 Å². The molecule has 4 rings (SSSR count). The van der Waals surface area contributed by atoms with Gasteiger partial charge in [-0.2, -0.15) is 0 Å². The number of unbranched alkanes of at least 4 members (excludes halogenated alkanes) is 2. The summed E-state index contributed by atoms with van der Waals surface area (Å²) in [7, 11) is 0. The third-order valence-electron chi connectivity index (χ3n) is 6.90. The molecule has 1 unspecified atom stereocenters. The van der Waals surface area contributed by atoms with Gasteiger partial charge in [0.05, 0.1) is 18.3 Å². The highest BCUT2D eigenvalue weighted by Crippen LogP contribution is 2.25. The fourth-order valence-electron chi connectivity index (χ4n) is 4.69. The second-order valence-electron chi connectivity index (χ2n) is 9.96. The van der Waals surface area contributed by atoms with E-state index in [1.165, 1.54) is 15.3 Å². The van der Waals surface area contributed by atoms with Crippen LogP contribution in [-0.4, -0.2) is 35.4 Å². The zero-order valence-corrected chi connectivity index (χ0v) is 23.6. The Bertz CT molecular complexity index is 1300. The van der Waals surface area contributed by atoms with E-state index in [1.807, 2.05) is 41.7 Å². The van der Waals surface area contributed by atoms with Crippen molar-refractivity contribution in [3.05, 3.63) is 129 Å². The van der Waals surface area contributed by atoms with Crippen LogP contribution < -0.4 is 0 Å². The van der Waals surface area contributed by atoms with Crippen molar-refractivity contribution >= 4 is 23.6 Å². The molecule has 0 amide bonds. The molecule has 5 nitrogen and oxygen atoms in total. The molecule has 0 aliphatic rings. The molecular weight excluding hydrogens is 518 g/mol. The number of hydrogen-bond acceptors (Lipinski definition) is 5. The number of ether oxygens (including phenoxy) is 1. The molecule has 0 fully saturated rings. The molecule has 1 aromatic heterocycles. The van der Waals surface area contributed by atoms with Crippen LogP contribution in [0.2, 0.25) is 0 Å². The van der Waals surface area contributed by atoms with Crippen LogP contribution in [-0.2, 0) is 35.5 Å². The van der Waals surface area contributed by atoms with Gasteiger partial charge in [0.25, 0.3) is 0 Å². The fraction of sp³-hybridized carbons (Fsp3) is 0.294. The average molecular weight is 556 g/mol. The topological polar surface area (TPSA) is 66.8 Å². The smallest absolute Gasteiger partial charge is 0.335 e. The van der Waals surface area contributed by atoms with Gasteiger partial charge in [-0.3, -0.25) is 4.90 Å². The normalized spacial score (nSPS) is 11.9. The first-order chi connectivity index (χ1) is 19.6. The largest absolute Gasteiger partial charge is 0.478 e. The van der Waals surface area contributed by atoms with Crippen LogP contribution >= 0.6 is 11.3 Å². The van der Waals surface area contributed by atoms with Gasteiger partial charge < -0.3 is 14.6 Å². The molecule has 1 N–H and O–H groups in total. The number of hydrogen-bond donors (Lipinski definition) is 1. The van der Waals surface area contributed by atoms with E-state index in [9.17, 15) is 14.7 Å². The fourth-order valence-corrected chi connectivity index (χ4v) is 5.63. The van der Waals surface area contributed by atoms with E-state index in [0.29, 0.717) is 26.1 Å². The summed E-state index contributed by atoms with van der Waals surface area (Å²) in [6.45, 7) is 2.74. The number of aldehydes is 1. The van der Waals surface area contributed by atoms with Crippen LogP contribution in [0.5, 0.6) is 0 Å². The second-order valence-corrected chi connectivity index (χ2v) is 11.2. The molecule has 0 saturated heterocycles. The first-order valence-electron chi connectivity index (χ1n) is 13.9. The molecular formula is C34H37NO4S. The number of carboxylic acids is 1. The minimum atomic E-state index is -0.924. The zero-order valence-electron chi connectivity index (χ0n) is 22.8. The van der Waals surface area contributed by atoms with Crippen molar-refractivity contribution in [3.8, 4) is 0 Å². The standard InChI is InChI=1S/C34H37NO4S/c36-23-9-3-8-22-35(24-28-14-17-30(18-15-28)34(37)38)25-33(29-12-6-2-7-13-29)39-26-32-21-20-31(40-32)19-16-27-10-4-1-5-11-27/h1-2,4-7,10-15,17-18,20-21,23,33H,3,8-9,16,19,22,24-26H2,(H,37,38). The van der Waals surface area contributed by atoms with E-state index in [-0.39, 0.29) is 11.7 Å². The van der Waals surface area contributed by atoms with Gasteiger partial charge in [0.15, 0.2) is 0 Å². The van der Waals surface area contributed by atoms with Crippen molar-refractivity contribution in [1.82, 2.24) is 4.90 Å². The summed E-state index contributed by atoms with van der Waals surface area (Å²) in [5, 5.41) is 9.25. The van der Waals surface area contributed by atoms with E-state index in [2.05, 4.69) is 59.5 Å². The molecule has 6 heteroatoms. The maximum atomic E-state index is 11.3. The highest BCUT2D eigenvalue weighted by molar-refractivity contribution is 7.11. The van der Waals surface area contributed by atoms with E-state index in [1.54, 1.807) is 12.1 Å². The Morgan fingerprint density at radius 1 is 0.825 bits per heavy atom. The Morgan fingerprint density at radius 2 is 1.52 bits per heavy atom. The third kappa shape index (κ3) is 9.56. The predicted molar refractivity (Wildman–Crippen MR) is 161 cm³/mol. The molecule has 0 aliphatic heterocycles. The van der Waals surface area contributed by atoms with Crippen LogP contribution in [0.1, 0.15) is 62.2 Å². The first-order valence-corrected chi connectivity index (χ1v) is 14.7. The highest BCUT2D eigenvalue weighted by Gasteiger charge is 2.18. The molecule has 208 valence electrons. The quantitative estimate of drug-likeness (QED) is 0.109. The molecule has 0 saturated carbocycles. The Balaban J connectivity index is 1.42. The van der Waals surface area contributed by atoms with Crippen LogP contribution in [0.15, 0.2) is 97.1 Å². The molecule has 0 aliphatic carbocycles. The van der Waals surface area contributed by atoms with Gasteiger partial charge in [-0.15, -0.1) is 11.3 Å². The predicted octanol–water partition coefficient (Wildman–Crippen LogP) is 7.36. The van der Waals surface area contributed by atoms with Crippen molar-refractivity contribution in [3.63, 3.8) is 0 Å². The Morgan fingerprint density at radius 3 is 2.23 bits per heavy atom. The van der Waals surface area contributed by atoms with Crippen LogP contribution in [0.4, 0.5) is 0 Å². The number of carbonyl (C=O) groups is 2. The van der Waals surface area contributed by atoms with Crippen LogP contribution in [0.3, 0.4) is 0 Å². The number of aryl methyl sites for hydroxylation is 2. The number of rotatable bonds is 17. The van der Waals surface area contributed by atoms with E-state index in [4.69, 9.17) is 4.74 Å². The van der Waals surface area contributed by atoms with Crippen molar-refractivity contribution in [2.45, 2.75) is 51.4 Å². The summed E-state index contributed by atoms with van der Waals surface area (Å²) < 4.78 is 6.57. The van der Waals surface area contributed by atoms with Gasteiger partial charge in [0.2, 0.25) is 0 Å². The van der Waals surface area contributed by atoms with Crippen molar-refractivity contribution < 1.29 is 19.4 Å². The van der Waals surface area contributed by atoms with Gasteiger partial charge in [-0.05, 0) is 73.2 Å². The van der Waals surface area contributed by atoms with E-state index < -0.39 is 5.97 Å². The summed E-state index contributed by atoms with van der Waals surface area (Å²) in [4.78, 5) is 27.0. The average Bonchev–Trinajstić information content (AvgIpc) is 3.45. The summed E-state index contributed by atoms with van der Waals surface area (Å²) in [5.41, 5.74) is 3.81. The third-order valence-corrected chi connectivity index (χ3v) is 8.01. The molecule has 1 heterocycles. The minimum Gasteiger partial charge on any atom is -0.478 e. The van der Waals surface area contributed by atoms with Crippen LogP contribution in [0, 0.1) is 0 Å².